The summed E-state index contributed by atoms with van der Waals surface area (Å²) in [7, 11) is 0. The Morgan fingerprint density at radius 2 is 1.86 bits per heavy atom. The summed E-state index contributed by atoms with van der Waals surface area (Å²) >= 11 is 0. The highest BCUT2D eigenvalue weighted by atomic mass is 16.2. The van der Waals surface area contributed by atoms with E-state index in [1.165, 1.54) is 11.2 Å². The number of quaternary nitrogens is 1. The van der Waals surface area contributed by atoms with Crippen LogP contribution in [0, 0.1) is 13.8 Å². The van der Waals surface area contributed by atoms with Gasteiger partial charge in [-0.15, -0.1) is 0 Å². The lowest BCUT2D eigenvalue weighted by Gasteiger charge is -2.32. The molecule has 0 spiro atoms. The zero-order chi connectivity index (χ0) is 20.4. The van der Waals surface area contributed by atoms with E-state index in [2.05, 4.69) is 15.2 Å². The molecule has 0 saturated carbocycles. The smallest absolute Gasteiger partial charge is 0.254 e. The van der Waals surface area contributed by atoms with Gasteiger partial charge in [-0.05, 0) is 32.0 Å². The minimum atomic E-state index is 0.0616. The van der Waals surface area contributed by atoms with Gasteiger partial charge >= 0.3 is 0 Å². The van der Waals surface area contributed by atoms with Crippen molar-refractivity contribution in [3.8, 4) is 5.95 Å². The zero-order valence-corrected chi connectivity index (χ0v) is 16.7. The maximum atomic E-state index is 12.9. The maximum Gasteiger partial charge on any atom is 0.254 e. The molecule has 3 aromatic rings. The van der Waals surface area contributed by atoms with Gasteiger partial charge < -0.3 is 9.80 Å². The van der Waals surface area contributed by atoms with Crippen LogP contribution in [0.1, 0.15) is 32.1 Å². The number of rotatable bonds is 5. The molecule has 2 N–H and O–H groups in total. The van der Waals surface area contributed by atoms with Crippen molar-refractivity contribution in [2.45, 2.75) is 13.8 Å². The Morgan fingerprint density at radius 1 is 1.14 bits per heavy atom. The normalized spacial score (nSPS) is 14.9. The number of aromatic nitrogens is 4. The van der Waals surface area contributed by atoms with Crippen LogP contribution in [-0.4, -0.2) is 69.1 Å². The molecule has 0 unspecified atom stereocenters. The SMILES string of the molecule is Cc1cc(C(=O)C[NH+]2CCN(C(=O)c3ccccc3)CC2)c(C)n1-c1ncn[nH]1. The second kappa shape index (κ2) is 8.00. The summed E-state index contributed by atoms with van der Waals surface area (Å²) in [5.74, 6) is 0.785. The molecule has 2 aromatic heterocycles. The fourth-order valence-electron chi connectivity index (χ4n) is 3.97. The first-order valence-electron chi connectivity index (χ1n) is 9.80. The first-order valence-corrected chi connectivity index (χ1v) is 9.80. The van der Waals surface area contributed by atoms with Gasteiger partial charge in [0, 0.05) is 22.5 Å². The lowest BCUT2D eigenvalue weighted by Crippen LogP contribution is -3.15. The summed E-state index contributed by atoms with van der Waals surface area (Å²) in [5, 5.41) is 6.74. The Balaban J connectivity index is 1.38. The summed E-state index contributed by atoms with van der Waals surface area (Å²) in [6.45, 7) is 7.16. The maximum absolute atomic E-state index is 12.9. The van der Waals surface area contributed by atoms with Crippen molar-refractivity contribution in [1.82, 2.24) is 24.6 Å². The predicted molar refractivity (Wildman–Crippen MR) is 107 cm³/mol. The van der Waals surface area contributed by atoms with Gasteiger partial charge in [0.2, 0.25) is 11.7 Å². The number of hydrogen-bond donors (Lipinski definition) is 2. The average Bonchev–Trinajstić information content (AvgIpc) is 3.36. The van der Waals surface area contributed by atoms with Gasteiger partial charge in [-0.3, -0.25) is 14.2 Å². The Bertz CT molecular complexity index is 1000. The number of nitrogens with one attached hydrogen (secondary N) is 2. The van der Waals surface area contributed by atoms with Crippen LogP contribution in [0.25, 0.3) is 5.95 Å². The standard InChI is InChI=1S/C21H24N6O2/c1-15-12-18(16(2)27(15)21-22-14-23-24-21)19(28)13-25-8-10-26(11-9-25)20(29)17-6-4-3-5-7-17/h3-7,12,14H,8-11,13H2,1-2H3,(H,22,23,24)/p+1. The Labute approximate surface area is 169 Å². The molecule has 8 heteroatoms. The second-order valence-electron chi connectivity index (χ2n) is 7.44. The molecule has 1 aliphatic heterocycles. The van der Waals surface area contributed by atoms with Crippen LogP contribution in [0.2, 0.25) is 0 Å². The van der Waals surface area contributed by atoms with Crippen molar-refractivity contribution in [1.29, 1.82) is 0 Å². The molecule has 150 valence electrons. The van der Waals surface area contributed by atoms with E-state index in [1.807, 2.05) is 59.7 Å². The van der Waals surface area contributed by atoms with Crippen LogP contribution in [0.15, 0.2) is 42.7 Å². The van der Waals surface area contributed by atoms with E-state index in [9.17, 15) is 9.59 Å². The van der Waals surface area contributed by atoms with Gasteiger partial charge in [0.1, 0.15) is 12.9 Å². The van der Waals surface area contributed by atoms with Crippen molar-refractivity contribution < 1.29 is 14.5 Å². The van der Waals surface area contributed by atoms with Gasteiger partial charge in [-0.1, -0.05) is 18.2 Å². The molecule has 1 saturated heterocycles. The molecule has 0 aliphatic carbocycles. The molecule has 1 aliphatic rings. The van der Waals surface area contributed by atoms with E-state index in [4.69, 9.17) is 0 Å². The number of amides is 1. The summed E-state index contributed by atoms with van der Waals surface area (Å²) in [6, 6.07) is 11.3. The number of benzene rings is 1. The number of Topliss-reactive ketones (excluding diaryl/α,β-unsaturated/α-hetero) is 1. The van der Waals surface area contributed by atoms with E-state index >= 15 is 0 Å². The Morgan fingerprint density at radius 3 is 2.52 bits per heavy atom. The third kappa shape index (κ3) is 3.84. The number of nitrogens with zero attached hydrogens (tertiary/aromatic N) is 4. The molecule has 1 aromatic carbocycles. The lowest BCUT2D eigenvalue weighted by atomic mass is 10.1. The van der Waals surface area contributed by atoms with Gasteiger partial charge in [0.05, 0.1) is 26.2 Å². The molecule has 1 amide bonds. The fraction of sp³-hybridized carbons (Fsp3) is 0.333. The number of hydrogen-bond acceptors (Lipinski definition) is 4. The minimum absolute atomic E-state index is 0.0616. The summed E-state index contributed by atoms with van der Waals surface area (Å²) in [5.41, 5.74) is 3.23. The van der Waals surface area contributed by atoms with Gasteiger partial charge in [0.15, 0.2) is 0 Å². The molecule has 0 atom stereocenters. The zero-order valence-electron chi connectivity index (χ0n) is 16.7. The molecule has 0 bridgehead atoms. The van der Waals surface area contributed by atoms with Crippen molar-refractivity contribution in [3.63, 3.8) is 0 Å². The lowest BCUT2D eigenvalue weighted by molar-refractivity contribution is -0.895. The number of aryl methyl sites for hydroxylation is 1. The topological polar surface area (TPSA) is 88.3 Å². The van der Waals surface area contributed by atoms with Crippen LogP contribution in [0.4, 0.5) is 0 Å². The third-order valence-corrected chi connectivity index (χ3v) is 5.53. The number of carbonyl (C=O) groups is 2. The Kier molecular flexibility index (Phi) is 5.26. The van der Waals surface area contributed by atoms with Crippen LogP contribution in [0.3, 0.4) is 0 Å². The highest BCUT2D eigenvalue weighted by Gasteiger charge is 2.27. The molecule has 0 radical (unpaired) electrons. The van der Waals surface area contributed by atoms with Crippen molar-refractivity contribution in [3.05, 3.63) is 65.2 Å². The minimum Gasteiger partial charge on any atom is -0.327 e. The number of H-pyrrole nitrogens is 1. The highest BCUT2D eigenvalue weighted by Crippen LogP contribution is 2.18. The van der Waals surface area contributed by atoms with Gasteiger partial charge in [-0.25, -0.2) is 5.10 Å². The number of carbonyl (C=O) groups excluding carboxylic acids is 2. The van der Waals surface area contributed by atoms with Crippen molar-refractivity contribution in [2.24, 2.45) is 0 Å². The largest absolute Gasteiger partial charge is 0.327 e. The first kappa shape index (κ1) is 19.1. The molecule has 3 heterocycles. The van der Waals surface area contributed by atoms with E-state index in [-0.39, 0.29) is 11.7 Å². The average molecular weight is 393 g/mol. The molecule has 8 nitrogen and oxygen atoms in total. The van der Waals surface area contributed by atoms with E-state index in [1.54, 1.807) is 0 Å². The second-order valence-corrected chi connectivity index (χ2v) is 7.44. The van der Waals surface area contributed by atoms with E-state index in [0.717, 1.165) is 24.5 Å². The number of piperazine rings is 1. The molecule has 4 rings (SSSR count). The van der Waals surface area contributed by atoms with Crippen molar-refractivity contribution >= 4 is 11.7 Å². The summed E-state index contributed by atoms with van der Waals surface area (Å²) in [6.07, 6.45) is 1.45. The third-order valence-electron chi connectivity index (χ3n) is 5.53. The molecule has 1 fully saturated rings. The molecule has 29 heavy (non-hydrogen) atoms. The summed E-state index contributed by atoms with van der Waals surface area (Å²) in [4.78, 5) is 32.8. The molecular weight excluding hydrogens is 368 g/mol. The fourth-order valence-corrected chi connectivity index (χ4v) is 3.97. The van der Waals surface area contributed by atoms with E-state index in [0.29, 0.717) is 36.7 Å². The molecular formula is C21H25N6O2+. The predicted octanol–water partition coefficient (Wildman–Crippen LogP) is 0.436. The highest BCUT2D eigenvalue weighted by molar-refractivity contribution is 5.98. The van der Waals surface area contributed by atoms with Gasteiger partial charge in [-0.2, -0.15) is 10.1 Å². The quantitative estimate of drug-likeness (QED) is 0.616. The van der Waals surface area contributed by atoms with Gasteiger partial charge in [0.25, 0.3) is 5.91 Å². The monoisotopic (exact) mass is 393 g/mol. The van der Waals surface area contributed by atoms with Crippen LogP contribution >= 0.6 is 0 Å². The number of ketones is 1. The summed E-state index contributed by atoms with van der Waals surface area (Å²) < 4.78 is 1.91. The first-order chi connectivity index (χ1) is 14.0. The van der Waals surface area contributed by atoms with Crippen LogP contribution in [-0.2, 0) is 0 Å². The van der Waals surface area contributed by atoms with Crippen molar-refractivity contribution in [2.75, 3.05) is 32.7 Å². The van der Waals surface area contributed by atoms with Crippen LogP contribution < -0.4 is 4.90 Å². The van der Waals surface area contributed by atoms with E-state index < -0.39 is 0 Å². The Hall–Kier alpha value is -3.26. The van der Waals surface area contributed by atoms with Crippen LogP contribution in [0.5, 0.6) is 0 Å². The number of aromatic amines is 1.